The molecule has 2 aromatic heterocycles. The summed E-state index contributed by atoms with van der Waals surface area (Å²) < 4.78 is 0.954. The van der Waals surface area contributed by atoms with Crippen molar-refractivity contribution in [1.82, 2.24) is 9.97 Å². The van der Waals surface area contributed by atoms with Crippen LogP contribution in [0.15, 0.2) is 26.9 Å². The Labute approximate surface area is 108 Å². The molecule has 17 heavy (non-hydrogen) atoms. The van der Waals surface area contributed by atoms with Crippen LogP contribution < -0.4 is 5.73 Å². The van der Waals surface area contributed by atoms with Gasteiger partial charge in [0.1, 0.15) is 10.9 Å². The first-order valence-electron chi connectivity index (χ1n) is 4.97. The molecule has 2 aromatic rings. The van der Waals surface area contributed by atoms with Crippen molar-refractivity contribution in [2.45, 2.75) is 23.2 Å². The van der Waals surface area contributed by atoms with Crippen molar-refractivity contribution < 1.29 is 0 Å². The Bertz CT molecular complexity index is 562. The monoisotopic (exact) mass is 264 g/mol. The van der Waals surface area contributed by atoms with E-state index < -0.39 is 0 Å². The van der Waals surface area contributed by atoms with Crippen molar-refractivity contribution in [2.24, 2.45) is 5.73 Å². The van der Waals surface area contributed by atoms with E-state index in [1.165, 1.54) is 11.8 Å². The first-order chi connectivity index (χ1) is 8.04. The van der Waals surface area contributed by atoms with E-state index in [2.05, 4.69) is 9.97 Å². The third-order valence-corrected chi connectivity index (χ3v) is 4.01. The standard InChI is InChI=1S/C11H12N4S2/c1-6-3-8(10(12)13)4-9(14-6)17-11-15-7(2)5-16-11/h3-5H,1-2H3,(H3,12,13). The fourth-order valence-electron chi connectivity index (χ4n) is 1.31. The van der Waals surface area contributed by atoms with Gasteiger partial charge in [-0.2, -0.15) is 0 Å². The van der Waals surface area contributed by atoms with Crippen LogP contribution >= 0.6 is 23.1 Å². The molecule has 0 aliphatic rings. The molecular weight excluding hydrogens is 252 g/mol. The molecule has 0 radical (unpaired) electrons. The number of rotatable bonds is 3. The Kier molecular flexibility index (Phi) is 3.44. The zero-order valence-electron chi connectivity index (χ0n) is 9.52. The van der Waals surface area contributed by atoms with Crippen molar-refractivity contribution in [3.05, 3.63) is 34.5 Å². The van der Waals surface area contributed by atoms with E-state index in [1.54, 1.807) is 17.4 Å². The van der Waals surface area contributed by atoms with Gasteiger partial charge in [0.25, 0.3) is 0 Å². The second-order valence-electron chi connectivity index (χ2n) is 3.61. The average molecular weight is 264 g/mol. The summed E-state index contributed by atoms with van der Waals surface area (Å²) >= 11 is 3.09. The molecule has 88 valence electrons. The summed E-state index contributed by atoms with van der Waals surface area (Å²) in [6.07, 6.45) is 0. The van der Waals surface area contributed by atoms with E-state index in [0.29, 0.717) is 5.56 Å². The largest absolute Gasteiger partial charge is 0.384 e. The van der Waals surface area contributed by atoms with Gasteiger partial charge in [0.2, 0.25) is 0 Å². The van der Waals surface area contributed by atoms with Gasteiger partial charge in [-0.3, -0.25) is 5.41 Å². The number of hydrogen-bond acceptors (Lipinski definition) is 5. The van der Waals surface area contributed by atoms with Crippen LogP contribution in [0.1, 0.15) is 17.0 Å². The van der Waals surface area contributed by atoms with E-state index in [9.17, 15) is 0 Å². The first-order valence-corrected chi connectivity index (χ1v) is 6.67. The maximum atomic E-state index is 7.44. The van der Waals surface area contributed by atoms with Crippen LogP contribution in [0, 0.1) is 19.3 Å². The van der Waals surface area contributed by atoms with Gasteiger partial charge in [-0.25, -0.2) is 9.97 Å². The molecule has 4 nitrogen and oxygen atoms in total. The minimum atomic E-state index is 0.0627. The summed E-state index contributed by atoms with van der Waals surface area (Å²) in [5, 5.41) is 10.3. The van der Waals surface area contributed by atoms with E-state index in [-0.39, 0.29) is 5.84 Å². The van der Waals surface area contributed by atoms with Gasteiger partial charge in [0, 0.05) is 22.3 Å². The third-order valence-electron chi connectivity index (χ3n) is 2.03. The minimum absolute atomic E-state index is 0.0627. The molecule has 2 heterocycles. The molecular formula is C11H12N4S2. The highest BCUT2D eigenvalue weighted by molar-refractivity contribution is 8.01. The zero-order valence-corrected chi connectivity index (χ0v) is 11.2. The summed E-state index contributed by atoms with van der Waals surface area (Å²) in [6.45, 7) is 3.86. The average Bonchev–Trinajstić information content (AvgIpc) is 2.63. The van der Waals surface area contributed by atoms with Crippen LogP contribution in [-0.4, -0.2) is 15.8 Å². The molecule has 0 saturated heterocycles. The topological polar surface area (TPSA) is 75.7 Å². The number of amidine groups is 1. The van der Waals surface area contributed by atoms with Crippen LogP contribution in [0.2, 0.25) is 0 Å². The summed E-state index contributed by atoms with van der Waals surface area (Å²) in [6, 6.07) is 3.62. The Morgan fingerprint density at radius 3 is 2.65 bits per heavy atom. The fourth-order valence-corrected chi connectivity index (χ4v) is 3.17. The number of nitrogens with zero attached hydrogens (tertiary/aromatic N) is 2. The van der Waals surface area contributed by atoms with Crippen LogP contribution in [0.4, 0.5) is 0 Å². The number of nitrogens with one attached hydrogen (secondary N) is 1. The first kappa shape index (κ1) is 12.1. The van der Waals surface area contributed by atoms with Crippen molar-refractivity contribution in [3.8, 4) is 0 Å². The van der Waals surface area contributed by atoms with E-state index in [0.717, 1.165) is 20.8 Å². The molecule has 0 unspecified atom stereocenters. The molecule has 0 saturated carbocycles. The summed E-state index contributed by atoms with van der Waals surface area (Å²) in [5.74, 6) is 0.0627. The number of thiazole rings is 1. The Hall–Kier alpha value is -1.40. The molecule has 0 spiro atoms. The maximum absolute atomic E-state index is 7.44. The van der Waals surface area contributed by atoms with Crippen LogP contribution in [0.3, 0.4) is 0 Å². The molecule has 0 aliphatic heterocycles. The molecule has 0 bridgehead atoms. The van der Waals surface area contributed by atoms with Crippen molar-refractivity contribution in [1.29, 1.82) is 5.41 Å². The van der Waals surface area contributed by atoms with Crippen LogP contribution in [0.25, 0.3) is 0 Å². The maximum Gasteiger partial charge on any atom is 0.156 e. The number of aryl methyl sites for hydroxylation is 2. The predicted molar refractivity (Wildman–Crippen MR) is 71.0 cm³/mol. The molecule has 0 aliphatic carbocycles. The van der Waals surface area contributed by atoms with Crippen LogP contribution in [0.5, 0.6) is 0 Å². The number of aromatic nitrogens is 2. The van der Waals surface area contributed by atoms with Gasteiger partial charge in [0.05, 0.1) is 0 Å². The lowest BCUT2D eigenvalue weighted by atomic mass is 10.2. The van der Waals surface area contributed by atoms with E-state index in [4.69, 9.17) is 11.1 Å². The molecule has 0 aromatic carbocycles. The Morgan fingerprint density at radius 2 is 2.06 bits per heavy atom. The van der Waals surface area contributed by atoms with Crippen molar-refractivity contribution >= 4 is 28.9 Å². The summed E-state index contributed by atoms with van der Waals surface area (Å²) in [5.41, 5.74) is 8.05. The number of pyridine rings is 1. The second-order valence-corrected chi connectivity index (χ2v) is 5.73. The highest BCUT2D eigenvalue weighted by atomic mass is 32.2. The van der Waals surface area contributed by atoms with E-state index in [1.807, 2.05) is 25.3 Å². The van der Waals surface area contributed by atoms with E-state index >= 15 is 0 Å². The zero-order chi connectivity index (χ0) is 12.4. The summed E-state index contributed by atoms with van der Waals surface area (Å²) in [4.78, 5) is 8.76. The normalized spacial score (nSPS) is 10.5. The van der Waals surface area contributed by atoms with Crippen molar-refractivity contribution in [3.63, 3.8) is 0 Å². The molecule has 6 heteroatoms. The van der Waals surface area contributed by atoms with Gasteiger partial charge < -0.3 is 5.73 Å². The predicted octanol–water partition coefficient (Wildman–Crippen LogP) is 2.59. The lowest BCUT2D eigenvalue weighted by Gasteiger charge is -2.03. The minimum Gasteiger partial charge on any atom is -0.384 e. The number of nitrogen functional groups attached to an aromatic ring is 1. The summed E-state index contributed by atoms with van der Waals surface area (Å²) in [7, 11) is 0. The number of hydrogen-bond donors (Lipinski definition) is 2. The molecule has 0 atom stereocenters. The SMILES string of the molecule is Cc1cc(C(=N)N)cc(Sc2nc(C)cs2)n1. The highest BCUT2D eigenvalue weighted by Crippen LogP contribution is 2.29. The lowest BCUT2D eigenvalue weighted by Crippen LogP contribution is -2.11. The molecule has 3 N–H and O–H groups in total. The Morgan fingerprint density at radius 1 is 1.29 bits per heavy atom. The quantitative estimate of drug-likeness (QED) is 0.660. The molecule has 2 rings (SSSR count). The van der Waals surface area contributed by atoms with Gasteiger partial charge in [0.15, 0.2) is 4.34 Å². The smallest absolute Gasteiger partial charge is 0.156 e. The number of nitrogens with two attached hydrogens (primary N) is 1. The van der Waals surface area contributed by atoms with Crippen LogP contribution in [-0.2, 0) is 0 Å². The van der Waals surface area contributed by atoms with Gasteiger partial charge >= 0.3 is 0 Å². The molecule has 0 fully saturated rings. The highest BCUT2D eigenvalue weighted by Gasteiger charge is 2.06. The third kappa shape index (κ3) is 3.04. The Balaban J connectivity index is 2.29. The van der Waals surface area contributed by atoms with Crippen molar-refractivity contribution in [2.75, 3.05) is 0 Å². The fraction of sp³-hybridized carbons (Fsp3) is 0.182. The van der Waals surface area contributed by atoms with Gasteiger partial charge in [-0.05, 0) is 37.7 Å². The van der Waals surface area contributed by atoms with Gasteiger partial charge in [-0.15, -0.1) is 11.3 Å². The van der Waals surface area contributed by atoms with Gasteiger partial charge in [-0.1, -0.05) is 0 Å². The molecule has 0 amide bonds. The lowest BCUT2D eigenvalue weighted by molar-refractivity contribution is 1.05. The second kappa shape index (κ2) is 4.85.